The smallest absolute Gasteiger partial charge is 0.350 e. The fraction of sp³-hybridized carbons (Fsp3) is 0.176. The fourth-order valence-electron chi connectivity index (χ4n) is 2.39. The van der Waals surface area contributed by atoms with Crippen LogP contribution in [0, 0.1) is 0 Å². The Balaban J connectivity index is 1.65. The zero-order valence-corrected chi connectivity index (χ0v) is 13.7. The molecule has 1 amide bonds. The van der Waals surface area contributed by atoms with E-state index < -0.39 is 24.2 Å². The third-order valence-electron chi connectivity index (χ3n) is 3.58. The lowest BCUT2D eigenvalue weighted by molar-refractivity contribution is -0.139. The molecule has 26 heavy (non-hydrogen) atoms. The van der Waals surface area contributed by atoms with E-state index in [-0.39, 0.29) is 13.1 Å². The van der Waals surface area contributed by atoms with Gasteiger partial charge in [0.05, 0.1) is 0 Å². The minimum absolute atomic E-state index is 0.136. The number of pyridine rings is 1. The first-order valence-corrected chi connectivity index (χ1v) is 7.78. The van der Waals surface area contributed by atoms with Gasteiger partial charge in [0.2, 0.25) is 5.91 Å². The zero-order valence-electron chi connectivity index (χ0n) is 13.7. The summed E-state index contributed by atoms with van der Waals surface area (Å²) >= 11 is 0. The molecule has 0 atom stereocenters. The second-order valence-corrected chi connectivity index (χ2v) is 5.44. The fourth-order valence-corrected chi connectivity index (χ4v) is 2.39. The molecule has 9 heteroatoms. The molecule has 0 aliphatic rings. The van der Waals surface area contributed by atoms with E-state index in [1.165, 1.54) is 4.40 Å². The predicted octanol–water partition coefficient (Wildman–Crippen LogP) is 0.276. The Bertz CT molecular complexity index is 1010. The predicted molar refractivity (Wildman–Crippen MR) is 90.9 cm³/mol. The van der Waals surface area contributed by atoms with Gasteiger partial charge in [-0.25, -0.2) is 14.3 Å². The van der Waals surface area contributed by atoms with Gasteiger partial charge in [-0.05, 0) is 18.2 Å². The first kappa shape index (κ1) is 17.2. The summed E-state index contributed by atoms with van der Waals surface area (Å²) in [5.41, 5.74) is 0.683. The van der Waals surface area contributed by atoms with Crippen molar-refractivity contribution in [3.05, 3.63) is 64.7 Å². The second-order valence-electron chi connectivity index (χ2n) is 5.44. The number of fused-ring (bicyclic) bond motifs is 1. The SMILES string of the molecule is O=C(O)COc1ccccc1CNC(=O)Cn1nc2ccccn2c1=O. The Hall–Kier alpha value is -3.62. The molecule has 0 unspecified atom stereocenters. The van der Waals surface area contributed by atoms with Crippen molar-refractivity contribution in [3.63, 3.8) is 0 Å². The van der Waals surface area contributed by atoms with Gasteiger partial charge in [-0.3, -0.25) is 9.20 Å². The maximum Gasteiger partial charge on any atom is 0.350 e. The quantitative estimate of drug-likeness (QED) is 0.628. The van der Waals surface area contributed by atoms with Gasteiger partial charge in [-0.1, -0.05) is 24.3 Å². The van der Waals surface area contributed by atoms with Crippen LogP contribution in [0.2, 0.25) is 0 Å². The Labute approximate surface area is 147 Å². The number of carbonyl (C=O) groups is 2. The number of para-hydroxylation sites is 1. The minimum atomic E-state index is -1.09. The summed E-state index contributed by atoms with van der Waals surface area (Å²) in [6, 6.07) is 11.9. The van der Waals surface area contributed by atoms with Crippen LogP contribution < -0.4 is 15.7 Å². The van der Waals surface area contributed by atoms with Crippen molar-refractivity contribution in [1.29, 1.82) is 0 Å². The molecule has 0 aliphatic heterocycles. The Morgan fingerprint density at radius 1 is 1.15 bits per heavy atom. The highest BCUT2D eigenvalue weighted by Gasteiger charge is 2.11. The molecular formula is C17H16N4O5. The highest BCUT2D eigenvalue weighted by Crippen LogP contribution is 2.17. The number of carboxylic acids is 1. The van der Waals surface area contributed by atoms with E-state index in [9.17, 15) is 14.4 Å². The first-order valence-electron chi connectivity index (χ1n) is 7.78. The van der Waals surface area contributed by atoms with Crippen LogP contribution in [0.4, 0.5) is 0 Å². The molecule has 0 aliphatic carbocycles. The van der Waals surface area contributed by atoms with Gasteiger partial charge in [0.15, 0.2) is 12.3 Å². The number of aromatic nitrogens is 3. The maximum absolute atomic E-state index is 12.1. The number of rotatable bonds is 7. The molecular weight excluding hydrogens is 340 g/mol. The molecule has 0 radical (unpaired) electrons. The van der Waals surface area contributed by atoms with Crippen molar-refractivity contribution < 1.29 is 19.4 Å². The molecule has 0 bridgehead atoms. The first-order chi connectivity index (χ1) is 12.5. The summed E-state index contributed by atoms with van der Waals surface area (Å²) < 4.78 is 7.62. The number of ether oxygens (including phenoxy) is 1. The van der Waals surface area contributed by atoms with Gasteiger partial charge in [0, 0.05) is 18.3 Å². The van der Waals surface area contributed by atoms with Crippen LogP contribution in [-0.4, -0.2) is 37.8 Å². The van der Waals surface area contributed by atoms with Crippen LogP contribution in [0.5, 0.6) is 5.75 Å². The number of carbonyl (C=O) groups excluding carboxylic acids is 1. The summed E-state index contributed by atoms with van der Waals surface area (Å²) in [5, 5.41) is 15.5. The molecule has 0 saturated heterocycles. The molecule has 134 valence electrons. The Kier molecular flexibility index (Phi) is 4.97. The molecule has 3 rings (SSSR count). The molecule has 9 nitrogen and oxygen atoms in total. The lowest BCUT2D eigenvalue weighted by Crippen LogP contribution is -2.32. The van der Waals surface area contributed by atoms with Crippen LogP contribution in [-0.2, 0) is 22.7 Å². The number of amides is 1. The maximum atomic E-state index is 12.1. The van der Waals surface area contributed by atoms with Gasteiger partial charge in [0.1, 0.15) is 12.3 Å². The summed E-state index contributed by atoms with van der Waals surface area (Å²) in [7, 11) is 0. The van der Waals surface area contributed by atoms with Crippen molar-refractivity contribution in [2.45, 2.75) is 13.1 Å². The van der Waals surface area contributed by atoms with Crippen molar-refractivity contribution in [3.8, 4) is 5.75 Å². The van der Waals surface area contributed by atoms with Crippen molar-refractivity contribution in [1.82, 2.24) is 19.5 Å². The van der Waals surface area contributed by atoms with E-state index in [1.54, 1.807) is 48.7 Å². The van der Waals surface area contributed by atoms with E-state index in [2.05, 4.69) is 10.4 Å². The molecule has 0 saturated carbocycles. The van der Waals surface area contributed by atoms with Crippen molar-refractivity contribution >= 4 is 17.5 Å². The number of hydrogen-bond donors (Lipinski definition) is 2. The van der Waals surface area contributed by atoms with Crippen LogP contribution >= 0.6 is 0 Å². The van der Waals surface area contributed by atoms with Gasteiger partial charge in [-0.2, -0.15) is 0 Å². The highest BCUT2D eigenvalue weighted by molar-refractivity contribution is 5.75. The number of nitrogens with one attached hydrogen (secondary N) is 1. The minimum Gasteiger partial charge on any atom is -0.482 e. The second kappa shape index (κ2) is 7.51. The van der Waals surface area contributed by atoms with E-state index in [1.807, 2.05) is 0 Å². The van der Waals surface area contributed by atoms with E-state index in [0.29, 0.717) is 17.0 Å². The topological polar surface area (TPSA) is 115 Å². The van der Waals surface area contributed by atoms with Crippen molar-refractivity contribution in [2.75, 3.05) is 6.61 Å². The van der Waals surface area contributed by atoms with Gasteiger partial charge in [0.25, 0.3) is 0 Å². The number of aliphatic carboxylic acids is 1. The average Bonchev–Trinajstić information content (AvgIpc) is 2.95. The van der Waals surface area contributed by atoms with Crippen LogP contribution in [0.3, 0.4) is 0 Å². The molecule has 1 aromatic carbocycles. The summed E-state index contributed by atoms with van der Waals surface area (Å²) in [5.74, 6) is -1.11. The number of benzene rings is 1. The molecule has 2 heterocycles. The van der Waals surface area contributed by atoms with E-state index in [4.69, 9.17) is 9.84 Å². The molecule has 3 aromatic rings. The lowest BCUT2D eigenvalue weighted by atomic mass is 10.2. The number of hydrogen-bond acceptors (Lipinski definition) is 5. The highest BCUT2D eigenvalue weighted by atomic mass is 16.5. The summed E-state index contributed by atoms with van der Waals surface area (Å²) in [4.78, 5) is 34.9. The van der Waals surface area contributed by atoms with E-state index in [0.717, 1.165) is 4.68 Å². The van der Waals surface area contributed by atoms with Crippen LogP contribution in [0.25, 0.3) is 5.65 Å². The molecule has 0 fully saturated rings. The third kappa shape index (κ3) is 3.89. The van der Waals surface area contributed by atoms with Gasteiger partial charge >= 0.3 is 11.7 Å². The van der Waals surface area contributed by atoms with Crippen LogP contribution in [0.15, 0.2) is 53.5 Å². The summed E-state index contributed by atoms with van der Waals surface area (Å²) in [6.45, 7) is -0.559. The van der Waals surface area contributed by atoms with Gasteiger partial charge < -0.3 is 15.2 Å². The number of nitrogens with zero attached hydrogens (tertiary/aromatic N) is 3. The largest absolute Gasteiger partial charge is 0.482 e. The van der Waals surface area contributed by atoms with Crippen LogP contribution in [0.1, 0.15) is 5.56 Å². The number of carboxylic acid groups (broad SMARTS) is 1. The summed E-state index contributed by atoms with van der Waals surface area (Å²) in [6.07, 6.45) is 1.58. The lowest BCUT2D eigenvalue weighted by Gasteiger charge is -2.10. The standard InChI is InChI=1S/C17H16N4O5/c22-15(10-21-17(25)20-8-4-3-7-14(20)19-21)18-9-12-5-1-2-6-13(12)26-11-16(23)24/h1-8H,9-11H2,(H,18,22)(H,23,24). The third-order valence-corrected chi connectivity index (χ3v) is 3.58. The molecule has 0 spiro atoms. The zero-order chi connectivity index (χ0) is 18.5. The Morgan fingerprint density at radius 3 is 2.69 bits per heavy atom. The molecule has 2 N–H and O–H groups in total. The van der Waals surface area contributed by atoms with Crippen molar-refractivity contribution in [2.24, 2.45) is 0 Å². The molecule has 2 aromatic heterocycles. The Morgan fingerprint density at radius 2 is 1.92 bits per heavy atom. The monoisotopic (exact) mass is 356 g/mol. The van der Waals surface area contributed by atoms with Gasteiger partial charge in [-0.15, -0.1) is 5.10 Å². The average molecular weight is 356 g/mol. The normalized spacial score (nSPS) is 10.6. The van der Waals surface area contributed by atoms with E-state index >= 15 is 0 Å².